The van der Waals surface area contributed by atoms with Crippen LogP contribution in [0.1, 0.15) is 59.3 Å². The topological polar surface area (TPSA) is 76.7 Å². The fourth-order valence-corrected chi connectivity index (χ4v) is 7.02. The van der Waals surface area contributed by atoms with Crippen LogP contribution in [0.3, 0.4) is 0 Å². The summed E-state index contributed by atoms with van der Waals surface area (Å²) < 4.78 is 27.5. The van der Waals surface area contributed by atoms with Crippen LogP contribution in [0.2, 0.25) is 5.02 Å². The number of anilines is 1. The maximum absolute atomic E-state index is 13.8. The standard InChI is InChI=1S/C31H39ClF2N4O3/c1-19-5-6-25(14-26(19)32)38(29(40)22-7-9-31(33,34)10-8-22)12-4-11-36-15-23-17-37(18-24(23)16-36)30(41)28-20(2)13-27(39)35-21(28)3/h5-6,13-14,22-24H,4,7-12,15-18H2,1-3H3,(H,35,39). The summed E-state index contributed by atoms with van der Waals surface area (Å²) in [5.74, 6) is -2.43. The highest BCUT2D eigenvalue weighted by Crippen LogP contribution is 2.38. The first-order valence-corrected chi connectivity index (χ1v) is 15.0. The molecule has 2 amide bonds. The number of nitrogens with one attached hydrogen (secondary N) is 1. The number of H-pyrrole nitrogens is 1. The molecule has 10 heteroatoms. The van der Waals surface area contributed by atoms with Gasteiger partial charge in [-0.2, -0.15) is 0 Å². The van der Waals surface area contributed by atoms with Crippen molar-refractivity contribution >= 4 is 29.1 Å². The van der Waals surface area contributed by atoms with Crippen molar-refractivity contribution in [2.24, 2.45) is 17.8 Å². The summed E-state index contributed by atoms with van der Waals surface area (Å²) in [7, 11) is 0. The number of alkyl halides is 2. The van der Waals surface area contributed by atoms with E-state index in [-0.39, 0.29) is 43.1 Å². The molecule has 1 saturated carbocycles. The second-order valence-electron chi connectivity index (χ2n) is 12.2. The highest BCUT2D eigenvalue weighted by molar-refractivity contribution is 6.31. The normalized spacial score (nSPS) is 22.6. The Morgan fingerprint density at radius 3 is 2.29 bits per heavy atom. The number of rotatable bonds is 7. The first kappa shape index (κ1) is 29.7. The summed E-state index contributed by atoms with van der Waals surface area (Å²) >= 11 is 6.39. The zero-order valence-corrected chi connectivity index (χ0v) is 24.8. The van der Waals surface area contributed by atoms with Gasteiger partial charge in [0.05, 0.1) is 5.56 Å². The quantitative estimate of drug-likeness (QED) is 0.482. The van der Waals surface area contributed by atoms with E-state index in [0.29, 0.717) is 59.0 Å². The van der Waals surface area contributed by atoms with Gasteiger partial charge in [-0.15, -0.1) is 0 Å². The Bertz CT molecular complexity index is 1330. The fraction of sp³-hybridized carbons (Fsp3) is 0.581. The second kappa shape index (κ2) is 11.8. The molecule has 2 saturated heterocycles. The number of carbonyl (C=O) groups excluding carboxylic acids is 2. The third kappa shape index (κ3) is 6.51. The molecule has 0 bridgehead atoms. The number of benzene rings is 1. The van der Waals surface area contributed by atoms with Gasteiger partial charge in [0.25, 0.3) is 5.91 Å². The first-order valence-electron chi connectivity index (χ1n) is 14.6. The summed E-state index contributed by atoms with van der Waals surface area (Å²) in [4.78, 5) is 47.4. The lowest BCUT2D eigenvalue weighted by molar-refractivity contribution is -0.126. The third-order valence-electron chi connectivity index (χ3n) is 9.15. The smallest absolute Gasteiger partial charge is 0.255 e. The minimum atomic E-state index is -2.68. The van der Waals surface area contributed by atoms with E-state index in [2.05, 4.69) is 9.88 Å². The van der Waals surface area contributed by atoms with Crippen LogP contribution in [0.15, 0.2) is 29.1 Å². The zero-order chi connectivity index (χ0) is 29.5. The van der Waals surface area contributed by atoms with E-state index >= 15 is 0 Å². The molecule has 7 nitrogen and oxygen atoms in total. The highest BCUT2D eigenvalue weighted by atomic mass is 35.5. The number of likely N-dealkylation sites (tertiary alicyclic amines) is 2. The summed E-state index contributed by atoms with van der Waals surface area (Å²) in [5, 5.41) is 0.578. The Kier molecular flexibility index (Phi) is 8.58. The average Bonchev–Trinajstić information content (AvgIpc) is 3.46. The lowest BCUT2D eigenvalue weighted by Crippen LogP contribution is -2.41. The molecule has 3 aliphatic rings. The molecule has 1 N–H and O–H groups in total. The molecule has 0 radical (unpaired) electrons. The van der Waals surface area contributed by atoms with Gasteiger partial charge in [-0.3, -0.25) is 14.4 Å². The molecule has 2 aromatic rings. The van der Waals surface area contributed by atoms with Gasteiger partial charge in [0, 0.05) is 74.0 Å². The molecule has 2 aliphatic heterocycles. The number of aromatic nitrogens is 1. The van der Waals surface area contributed by atoms with Crippen LogP contribution >= 0.6 is 11.6 Å². The van der Waals surface area contributed by atoms with Gasteiger partial charge in [0.15, 0.2) is 0 Å². The van der Waals surface area contributed by atoms with Gasteiger partial charge >= 0.3 is 0 Å². The zero-order valence-electron chi connectivity index (χ0n) is 24.0. The van der Waals surface area contributed by atoms with Crippen LogP contribution in [-0.4, -0.2) is 71.8 Å². The van der Waals surface area contributed by atoms with Crippen molar-refractivity contribution in [2.45, 2.75) is 58.8 Å². The number of hydrogen-bond donors (Lipinski definition) is 1. The van der Waals surface area contributed by atoms with E-state index in [0.717, 1.165) is 31.6 Å². The Labute approximate surface area is 244 Å². The second-order valence-corrected chi connectivity index (χ2v) is 12.6. The fourth-order valence-electron chi connectivity index (χ4n) is 6.85. The van der Waals surface area contributed by atoms with E-state index in [1.54, 1.807) is 24.8 Å². The van der Waals surface area contributed by atoms with E-state index in [1.165, 1.54) is 6.07 Å². The van der Waals surface area contributed by atoms with E-state index in [1.807, 2.05) is 24.0 Å². The summed E-state index contributed by atoms with van der Waals surface area (Å²) in [5.41, 5.74) is 3.33. The molecule has 1 aromatic heterocycles. The predicted octanol–water partition coefficient (Wildman–Crippen LogP) is 5.21. The van der Waals surface area contributed by atoms with Crippen molar-refractivity contribution in [3.8, 4) is 0 Å². The molecule has 222 valence electrons. The molecule has 2 atom stereocenters. The predicted molar refractivity (Wildman–Crippen MR) is 156 cm³/mol. The van der Waals surface area contributed by atoms with Crippen molar-refractivity contribution in [1.29, 1.82) is 0 Å². The SMILES string of the molecule is Cc1ccc(N(CCCN2CC3CN(C(=O)c4c(C)cc(=O)[nH]c4C)CC3C2)C(=O)C2CCC(F)(F)CC2)cc1Cl. The van der Waals surface area contributed by atoms with Gasteiger partial charge in [-0.05, 0) is 81.7 Å². The molecule has 2 unspecified atom stereocenters. The number of hydrogen-bond acceptors (Lipinski definition) is 4. The number of carbonyl (C=O) groups is 2. The summed E-state index contributed by atoms with van der Waals surface area (Å²) in [6.45, 7) is 9.94. The molecule has 1 aromatic carbocycles. The lowest BCUT2D eigenvalue weighted by atomic mass is 9.85. The number of aromatic amines is 1. The molecule has 3 fully saturated rings. The monoisotopic (exact) mass is 588 g/mol. The van der Waals surface area contributed by atoms with Gasteiger partial charge in [-0.1, -0.05) is 17.7 Å². The Balaban J connectivity index is 1.18. The van der Waals surface area contributed by atoms with Crippen LogP contribution in [0.4, 0.5) is 14.5 Å². The van der Waals surface area contributed by atoms with Crippen LogP contribution in [0.25, 0.3) is 0 Å². The van der Waals surface area contributed by atoms with E-state index in [4.69, 9.17) is 11.6 Å². The maximum atomic E-state index is 13.8. The van der Waals surface area contributed by atoms with Crippen molar-refractivity contribution in [3.63, 3.8) is 0 Å². The van der Waals surface area contributed by atoms with Crippen LogP contribution in [-0.2, 0) is 4.79 Å². The minimum Gasteiger partial charge on any atom is -0.338 e. The van der Waals surface area contributed by atoms with Crippen LogP contribution < -0.4 is 10.5 Å². The van der Waals surface area contributed by atoms with Crippen LogP contribution in [0, 0.1) is 38.5 Å². The first-order chi connectivity index (χ1) is 19.4. The van der Waals surface area contributed by atoms with E-state index < -0.39 is 11.8 Å². The number of pyridine rings is 1. The number of halogens is 3. The van der Waals surface area contributed by atoms with Gasteiger partial charge in [0.2, 0.25) is 17.4 Å². The Morgan fingerprint density at radius 1 is 1.02 bits per heavy atom. The highest BCUT2D eigenvalue weighted by Gasteiger charge is 2.42. The van der Waals surface area contributed by atoms with Gasteiger partial charge < -0.3 is 19.7 Å². The summed E-state index contributed by atoms with van der Waals surface area (Å²) in [6.07, 6.45) is 0.653. The van der Waals surface area contributed by atoms with Crippen molar-refractivity contribution in [3.05, 3.63) is 62.0 Å². The molecular formula is C31H39ClF2N4O3. The average molecular weight is 589 g/mol. The lowest BCUT2D eigenvalue weighted by Gasteiger charge is -2.32. The maximum Gasteiger partial charge on any atom is 0.255 e. The van der Waals surface area contributed by atoms with Gasteiger partial charge in [-0.25, -0.2) is 8.78 Å². The van der Waals surface area contributed by atoms with E-state index in [9.17, 15) is 23.2 Å². The third-order valence-corrected chi connectivity index (χ3v) is 9.55. The summed E-state index contributed by atoms with van der Waals surface area (Å²) in [6, 6.07) is 7.04. The number of amides is 2. The molecule has 5 rings (SSSR count). The largest absolute Gasteiger partial charge is 0.338 e. The van der Waals surface area contributed by atoms with Crippen LogP contribution in [0.5, 0.6) is 0 Å². The number of aryl methyl sites for hydroxylation is 3. The molecule has 0 spiro atoms. The van der Waals surface area contributed by atoms with Gasteiger partial charge in [0.1, 0.15) is 0 Å². The molecule has 3 heterocycles. The van der Waals surface area contributed by atoms with Crippen molar-refractivity contribution in [1.82, 2.24) is 14.8 Å². The van der Waals surface area contributed by atoms with Crippen molar-refractivity contribution < 1.29 is 18.4 Å². The number of fused-ring (bicyclic) bond motifs is 1. The Hall–Kier alpha value is -2.78. The number of nitrogens with zero attached hydrogens (tertiary/aromatic N) is 3. The molecule has 1 aliphatic carbocycles. The Morgan fingerprint density at radius 2 is 1.68 bits per heavy atom. The molecule has 41 heavy (non-hydrogen) atoms. The minimum absolute atomic E-state index is 0.0245. The molecular weight excluding hydrogens is 550 g/mol. The van der Waals surface area contributed by atoms with Crippen molar-refractivity contribution in [2.75, 3.05) is 44.2 Å².